The lowest BCUT2D eigenvalue weighted by molar-refractivity contribution is 0.187. The maximum Gasteiger partial charge on any atom is 0.205 e. The van der Waals surface area contributed by atoms with Gasteiger partial charge in [-0.15, -0.1) is 10.2 Å². The van der Waals surface area contributed by atoms with Crippen LogP contribution in [0.15, 0.2) is 0 Å². The molecule has 0 aliphatic carbocycles. The average Bonchev–Trinajstić information content (AvgIpc) is 2.71. The van der Waals surface area contributed by atoms with Crippen LogP contribution in [-0.4, -0.2) is 30.0 Å². The zero-order chi connectivity index (χ0) is 9.10. The van der Waals surface area contributed by atoms with Gasteiger partial charge in [-0.2, -0.15) is 0 Å². The van der Waals surface area contributed by atoms with E-state index in [0.29, 0.717) is 5.92 Å². The lowest BCUT2D eigenvalue weighted by atomic mass is 10.1. The molecule has 1 atom stereocenters. The van der Waals surface area contributed by atoms with Crippen LogP contribution in [0.5, 0.6) is 0 Å². The van der Waals surface area contributed by atoms with Crippen molar-refractivity contribution in [3.05, 3.63) is 5.01 Å². The lowest BCUT2D eigenvalue weighted by Gasteiger charge is -2.06. The molecule has 0 saturated carbocycles. The predicted octanol–water partition coefficient (Wildman–Crippen LogP) is 1.29. The summed E-state index contributed by atoms with van der Waals surface area (Å²) in [5, 5.41) is 13.1. The van der Waals surface area contributed by atoms with Gasteiger partial charge in [0.05, 0.1) is 6.61 Å². The van der Waals surface area contributed by atoms with E-state index in [2.05, 4.69) is 15.5 Å². The van der Waals surface area contributed by atoms with Gasteiger partial charge in [0.15, 0.2) is 0 Å². The fraction of sp³-hybridized carbons (Fsp3) is 0.750. The number of nitrogens with zero attached hydrogens (tertiary/aromatic N) is 2. The highest BCUT2D eigenvalue weighted by atomic mass is 32.1. The third-order valence-corrected chi connectivity index (χ3v) is 2.89. The standard InChI is InChI=1S/C8H13N3OS/c1-6-10-11-8(13-6)9-4-7-2-3-12-5-7/h7H,2-5H2,1H3,(H,9,11). The van der Waals surface area contributed by atoms with Crippen molar-refractivity contribution in [2.24, 2.45) is 5.92 Å². The van der Waals surface area contributed by atoms with Crippen LogP contribution >= 0.6 is 11.3 Å². The Morgan fingerprint density at radius 2 is 2.54 bits per heavy atom. The van der Waals surface area contributed by atoms with Gasteiger partial charge in [-0.05, 0) is 13.3 Å². The topological polar surface area (TPSA) is 47.0 Å². The van der Waals surface area contributed by atoms with Crippen molar-refractivity contribution >= 4 is 16.5 Å². The normalized spacial score (nSPS) is 22.1. The summed E-state index contributed by atoms with van der Waals surface area (Å²) in [6.45, 7) is 4.70. The van der Waals surface area contributed by atoms with Crippen molar-refractivity contribution in [1.29, 1.82) is 0 Å². The van der Waals surface area contributed by atoms with Gasteiger partial charge in [-0.3, -0.25) is 0 Å². The maximum atomic E-state index is 5.28. The molecule has 1 N–H and O–H groups in total. The molecule has 1 aliphatic heterocycles. The minimum absolute atomic E-state index is 0.643. The van der Waals surface area contributed by atoms with Crippen LogP contribution in [0.4, 0.5) is 5.13 Å². The Morgan fingerprint density at radius 1 is 1.62 bits per heavy atom. The highest BCUT2D eigenvalue weighted by molar-refractivity contribution is 7.15. The molecular formula is C8H13N3OS. The first-order valence-corrected chi connectivity index (χ1v) is 5.28. The van der Waals surface area contributed by atoms with E-state index in [1.54, 1.807) is 11.3 Å². The fourth-order valence-electron chi connectivity index (χ4n) is 1.34. The Morgan fingerprint density at radius 3 is 3.15 bits per heavy atom. The molecule has 0 aromatic carbocycles. The minimum atomic E-state index is 0.643. The monoisotopic (exact) mass is 199 g/mol. The fourth-order valence-corrected chi connectivity index (χ4v) is 1.94. The lowest BCUT2D eigenvalue weighted by Crippen LogP contribution is -2.13. The van der Waals surface area contributed by atoms with Gasteiger partial charge >= 0.3 is 0 Å². The molecule has 0 bridgehead atoms. The van der Waals surface area contributed by atoms with Crippen LogP contribution in [0.1, 0.15) is 11.4 Å². The number of aryl methyl sites for hydroxylation is 1. The molecule has 1 unspecified atom stereocenters. The highest BCUT2D eigenvalue weighted by Gasteiger charge is 2.15. The van der Waals surface area contributed by atoms with Gasteiger partial charge in [-0.25, -0.2) is 0 Å². The van der Waals surface area contributed by atoms with Gasteiger partial charge < -0.3 is 10.1 Å². The van der Waals surface area contributed by atoms with E-state index in [1.165, 1.54) is 0 Å². The molecule has 5 heteroatoms. The van der Waals surface area contributed by atoms with E-state index in [9.17, 15) is 0 Å². The Kier molecular flexibility index (Phi) is 2.75. The average molecular weight is 199 g/mol. The second-order valence-electron chi connectivity index (χ2n) is 3.24. The van der Waals surface area contributed by atoms with E-state index in [-0.39, 0.29) is 0 Å². The summed E-state index contributed by atoms with van der Waals surface area (Å²) in [6.07, 6.45) is 1.16. The third-order valence-electron chi connectivity index (χ3n) is 2.09. The number of anilines is 1. The summed E-state index contributed by atoms with van der Waals surface area (Å²) in [5.74, 6) is 0.643. The number of hydrogen-bond acceptors (Lipinski definition) is 5. The zero-order valence-electron chi connectivity index (χ0n) is 7.62. The molecule has 2 rings (SSSR count). The van der Waals surface area contributed by atoms with Crippen molar-refractivity contribution in [2.75, 3.05) is 25.1 Å². The quantitative estimate of drug-likeness (QED) is 0.797. The van der Waals surface area contributed by atoms with Gasteiger partial charge in [0.2, 0.25) is 5.13 Å². The van der Waals surface area contributed by atoms with Gasteiger partial charge in [0.25, 0.3) is 0 Å². The second kappa shape index (κ2) is 4.02. The van der Waals surface area contributed by atoms with Gasteiger partial charge in [-0.1, -0.05) is 11.3 Å². The molecule has 1 aromatic rings. The van der Waals surface area contributed by atoms with E-state index < -0.39 is 0 Å². The molecule has 1 aliphatic rings. The van der Waals surface area contributed by atoms with E-state index in [4.69, 9.17) is 4.74 Å². The summed E-state index contributed by atoms with van der Waals surface area (Å²) in [6, 6.07) is 0. The predicted molar refractivity (Wildman–Crippen MR) is 52.1 cm³/mol. The maximum absolute atomic E-state index is 5.28. The first-order valence-electron chi connectivity index (χ1n) is 4.46. The van der Waals surface area contributed by atoms with Crippen molar-refractivity contribution in [2.45, 2.75) is 13.3 Å². The Balaban J connectivity index is 1.78. The molecule has 0 amide bonds. The highest BCUT2D eigenvalue weighted by Crippen LogP contribution is 2.17. The molecule has 0 radical (unpaired) electrons. The largest absolute Gasteiger partial charge is 0.381 e. The van der Waals surface area contributed by atoms with Gasteiger partial charge in [0, 0.05) is 19.1 Å². The summed E-state index contributed by atoms with van der Waals surface area (Å²) < 4.78 is 5.28. The van der Waals surface area contributed by atoms with Crippen LogP contribution < -0.4 is 5.32 Å². The van der Waals surface area contributed by atoms with E-state index in [1.807, 2.05) is 6.92 Å². The number of aromatic nitrogens is 2. The SMILES string of the molecule is Cc1nnc(NCC2CCOC2)s1. The molecule has 72 valence electrons. The molecule has 13 heavy (non-hydrogen) atoms. The molecular weight excluding hydrogens is 186 g/mol. The van der Waals surface area contributed by atoms with Crippen molar-refractivity contribution in [1.82, 2.24) is 10.2 Å². The summed E-state index contributed by atoms with van der Waals surface area (Å²) in [5.41, 5.74) is 0. The number of ether oxygens (including phenoxy) is 1. The molecule has 1 saturated heterocycles. The van der Waals surface area contributed by atoms with Crippen LogP contribution in [0.25, 0.3) is 0 Å². The Labute approximate surface area is 81.3 Å². The molecule has 4 nitrogen and oxygen atoms in total. The first-order chi connectivity index (χ1) is 6.34. The van der Waals surface area contributed by atoms with Crippen LogP contribution in [0.2, 0.25) is 0 Å². The second-order valence-corrected chi connectivity index (χ2v) is 4.42. The van der Waals surface area contributed by atoms with Gasteiger partial charge in [0.1, 0.15) is 5.01 Å². The summed E-state index contributed by atoms with van der Waals surface area (Å²) in [4.78, 5) is 0. The van der Waals surface area contributed by atoms with E-state index >= 15 is 0 Å². The first kappa shape index (κ1) is 8.90. The van der Waals surface area contributed by atoms with Crippen molar-refractivity contribution in [3.8, 4) is 0 Å². The molecule has 2 heterocycles. The third kappa shape index (κ3) is 2.38. The van der Waals surface area contributed by atoms with E-state index in [0.717, 1.165) is 36.3 Å². The smallest absolute Gasteiger partial charge is 0.205 e. The summed E-state index contributed by atoms with van der Waals surface area (Å²) in [7, 11) is 0. The Bertz CT molecular complexity index is 270. The minimum Gasteiger partial charge on any atom is -0.381 e. The number of rotatable bonds is 3. The molecule has 1 aromatic heterocycles. The van der Waals surface area contributed by atoms with Crippen LogP contribution in [-0.2, 0) is 4.74 Å². The Hall–Kier alpha value is -0.680. The van der Waals surface area contributed by atoms with Crippen molar-refractivity contribution < 1.29 is 4.74 Å². The van der Waals surface area contributed by atoms with Crippen LogP contribution in [0.3, 0.4) is 0 Å². The number of hydrogen-bond donors (Lipinski definition) is 1. The number of nitrogens with one attached hydrogen (secondary N) is 1. The van der Waals surface area contributed by atoms with Crippen molar-refractivity contribution in [3.63, 3.8) is 0 Å². The molecule has 1 fully saturated rings. The summed E-state index contributed by atoms with van der Waals surface area (Å²) >= 11 is 1.60. The van der Waals surface area contributed by atoms with Crippen LogP contribution in [0, 0.1) is 12.8 Å². The molecule has 0 spiro atoms. The zero-order valence-corrected chi connectivity index (χ0v) is 8.43.